The summed E-state index contributed by atoms with van der Waals surface area (Å²) in [6.45, 7) is 0. The summed E-state index contributed by atoms with van der Waals surface area (Å²) in [4.78, 5) is 31.5. The molecule has 4 rings (SSSR count). The van der Waals surface area contributed by atoms with Crippen molar-refractivity contribution in [1.29, 1.82) is 0 Å². The van der Waals surface area contributed by atoms with Crippen LogP contribution in [0.2, 0.25) is 10.0 Å². The van der Waals surface area contributed by atoms with Crippen LogP contribution in [0.15, 0.2) is 72.6 Å². The molecule has 8 heteroatoms. The summed E-state index contributed by atoms with van der Waals surface area (Å²) in [6.07, 6.45) is 3.12. The Labute approximate surface area is 188 Å². The van der Waals surface area contributed by atoms with E-state index in [1.54, 1.807) is 60.9 Å². The Morgan fingerprint density at radius 2 is 1.71 bits per heavy atom. The van der Waals surface area contributed by atoms with E-state index < -0.39 is 17.7 Å². The van der Waals surface area contributed by atoms with E-state index in [1.807, 2.05) is 0 Å². The number of ketones is 1. The molecule has 3 aromatic rings. The van der Waals surface area contributed by atoms with Crippen molar-refractivity contribution in [1.82, 2.24) is 4.98 Å². The summed E-state index contributed by atoms with van der Waals surface area (Å²) in [5, 5.41) is 12.0. The fourth-order valence-electron chi connectivity index (χ4n) is 3.52. The number of carbonyl (C=O) groups is 2. The van der Waals surface area contributed by atoms with Gasteiger partial charge in [-0.3, -0.25) is 19.5 Å². The van der Waals surface area contributed by atoms with Gasteiger partial charge in [-0.15, -0.1) is 0 Å². The van der Waals surface area contributed by atoms with E-state index in [0.717, 1.165) is 0 Å². The minimum atomic E-state index is -0.856. The van der Waals surface area contributed by atoms with Crippen molar-refractivity contribution >= 4 is 46.3 Å². The topological polar surface area (TPSA) is 79.7 Å². The molecule has 1 fully saturated rings. The molecule has 6 nitrogen and oxygen atoms in total. The average Bonchev–Trinajstić information content (AvgIpc) is 3.05. The third kappa shape index (κ3) is 3.76. The molecular formula is C23H16Cl2N2O4. The van der Waals surface area contributed by atoms with Gasteiger partial charge in [-0.1, -0.05) is 23.2 Å². The molecule has 2 heterocycles. The van der Waals surface area contributed by atoms with Crippen LogP contribution in [0.3, 0.4) is 0 Å². The summed E-state index contributed by atoms with van der Waals surface area (Å²) in [7, 11) is 1.45. The van der Waals surface area contributed by atoms with E-state index in [4.69, 9.17) is 27.9 Å². The number of ether oxygens (including phenoxy) is 1. The minimum absolute atomic E-state index is 0.0458. The molecular weight excluding hydrogens is 439 g/mol. The lowest BCUT2D eigenvalue weighted by atomic mass is 9.95. The Balaban J connectivity index is 1.93. The summed E-state index contributed by atoms with van der Waals surface area (Å²) >= 11 is 12.1. The van der Waals surface area contributed by atoms with Crippen LogP contribution in [0.5, 0.6) is 5.75 Å². The van der Waals surface area contributed by atoms with Gasteiger partial charge in [0.1, 0.15) is 11.5 Å². The van der Waals surface area contributed by atoms with Crippen molar-refractivity contribution in [3.8, 4) is 5.75 Å². The molecule has 1 aliphatic heterocycles. The van der Waals surface area contributed by atoms with E-state index >= 15 is 0 Å². The maximum Gasteiger partial charge on any atom is 0.300 e. The van der Waals surface area contributed by atoms with E-state index in [-0.39, 0.29) is 11.3 Å². The van der Waals surface area contributed by atoms with Crippen LogP contribution in [-0.4, -0.2) is 28.9 Å². The number of halogens is 2. The van der Waals surface area contributed by atoms with Crippen molar-refractivity contribution < 1.29 is 19.4 Å². The number of carbonyl (C=O) groups excluding carboxylic acids is 2. The van der Waals surface area contributed by atoms with Crippen LogP contribution in [0.4, 0.5) is 5.69 Å². The van der Waals surface area contributed by atoms with Gasteiger partial charge in [-0.25, -0.2) is 0 Å². The standard InChI is InChI=1S/C23H16Cl2N2O4/c1-31-18-12-14(2-7-17(18)25)21(28)19-20(13-8-10-26-11-9-13)27(23(30)22(19)29)16-5-3-15(24)4-6-16/h2-12,20,28H,1H3/b21-19-. The number of benzene rings is 2. The first-order valence-corrected chi connectivity index (χ1v) is 9.98. The molecule has 31 heavy (non-hydrogen) atoms. The van der Waals surface area contributed by atoms with Gasteiger partial charge in [0.2, 0.25) is 0 Å². The largest absolute Gasteiger partial charge is 0.507 e. The molecule has 0 radical (unpaired) electrons. The lowest BCUT2D eigenvalue weighted by molar-refractivity contribution is -0.132. The number of amides is 1. The number of rotatable bonds is 4. The van der Waals surface area contributed by atoms with Crippen molar-refractivity contribution in [3.05, 3.63) is 93.7 Å². The summed E-state index contributed by atoms with van der Waals surface area (Å²) in [5.74, 6) is -1.56. The number of hydrogen-bond donors (Lipinski definition) is 1. The number of hydrogen-bond acceptors (Lipinski definition) is 5. The predicted octanol–water partition coefficient (Wildman–Crippen LogP) is 5.02. The molecule has 156 valence electrons. The summed E-state index contributed by atoms with van der Waals surface area (Å²) in [5.41, 5.74) is 1.35. The first-order chi connectivity index (χ1) is 14.9. The van der Waals surface area contributed by atoms with Crippen molar-refractivity contribution in [2.24, 2.45) is 0 Å². The highest BCUT2D eigenvalue weighted by atomic mass is 35.5. The highest BCUT2D eigenvalue weighted by molar-refractivity contribution is 6.51. The molecule has 1 aromatic heterocycles. The number of anilines is 1. The quantitative estimate of drug-likeness (QED) is 0.340. The number of aliphatic hydroxyl groups excluding tert-OH is 1. The Morgan fingerprint density at radius 1 is 1.03 bits per heavy atom. The normalized spacial score (nSPS) is 17.8. The predicted molar refractivity (Wildman–Crippen MR) is 118 cm³/mol. The summed E-state index contributed by atoms with van der Waals surface area (Å²) < 4.78 is 5.21. The molecule has 1 saturated heterocycles. The molecule has 0 spiro atoms. The van der Waals surface area contributed by atoms with Gasteiger partial charge in [0.05, 0.1) is 23.7 Å². The second-order valence-corrected chi connectivity index (χ2v) is 7.62. The van der Waals surface area contributed by atoms with Gasteiger partial charge >= 0.3 is 0 Å². The molecule has 0 bridgehead atoms. The number of pyridine rings is 1. The fourth-order valence-corrected chi connectivity index (χ4v) is 3.84. The third-order valence-electron chi connectivity index (χ3n) is 5.00. The van der Waals surface area contributed by atoms with Crippen molar-refractivity contribution in [3.63, 3.8) is 0 Å². The van der Waals surface area contributed by atoms with Crippen molar-refractivity contribution in [2.45, 2.75) is 6.04 Å². The second-order valence-electron chi connectivity index (χ2n) is 6.78. The van der Waals surface area contributed by atoms with Crippen LogP contribution >= 0.6 is 23.2 Å². The molecule has 1 amide bonds. The molecule has 1 atom stereocenters. The van der Waals surface area contributed by atoms with Crippen LogP contribution in [0.25, 0.3) is 5.76 Å². The molecule has 1 aliphatic rings. The Morgan fingerprint density at radius 3 is 2.35 bits per heavy atom. The molecule has 0 aliphatic carbocycles. The third-order valence-corrected chi connectivity index (χ3v) is 5.56. The van der Waals surface area contributed by atoms with E-state index in [9.17, 15) is 14.7 Å². The van der Waals surface area contributed by atoms with Crippen LogP contribution in [0, 0.1) is 0 Å². The highest BCUT2D eigenvalue weighted by Gasteiger charge is 2.47. The Kier molecular flexibility index (Phi) is 5.67. The lowest BCUT2D eigenvalue weighted by Gasteiger charge is -2.25. The van der Waals surface area contributed by atoms with Crippen LogP contribution < -0.4 is 9.64 Å². The maximum atomic E-state index is 13.1. The second kappa shape index (κ2) is 8.41. The van der Waals surface area contributed by atoms with Crippen LogP contribution in [0.1, 0.15) is 17.2 Å². The number of aromatic nitrogens is 1. The number of methoxy groups -OCH3 is 1. The van der Waals surface area contributed by atoms with Gasteiger partial charge < -0.3 is 9.84 Å². The zero-order valence-electron chi connectivity index (χ0n) is 16.3. The smallest absolute Gasteiger partial charge is 0.300 e. The van der Waals surface area contributed by atoms with E-state index in [2.05, 4.69) is 4.98 Å². The van der Waals surface area contributed by atoms with Gasteiger partial charge in [0, 0.05) is 28.7 Å². The SMILES string of the molecule is COc1cc(/C(O)=C2/C(=O)C(=O)N(c3ccc(Cl)cc3)C2c2ccncc2)ccc1Cl. The average molecular weight is 455 g/mol. The zero-order chi connectivity index (χ0) is 22.1. The lowest BCUT2D eigenvalue weighted by Crippen LogP contribution is -2.29. The number of aliphatic hydroxyl groups is 1. The van der Waals surface area contributed by atoms with Gasteiger partial charge in [0.15, 0.2) is 0 Å². The highest BCUT2D eigenvalue weighted by Crippen LogP contribution is 2.42. The Bertz CT molecular complexity index is 1190. The van der Waals surface area contributed by atoms with Crippen LogP contribution in [-0.2, 0) is 9.59 Å². The zero-order valence-corrected chi connectivity index (χ0v) is 17.8. The molecule has 2 aromatic carbocycles. The van der Waals surface area contributed by atoms with E-state index in [0.29, 0.717) is 32.6 Å². The van der Waals surface area contributed by atoms with Gasteiger partial charge in [-0.2, -0.15) is 0 Å². The number of nitrogens with zero attached hydrogens (tertiary/aromatic N) is 2. The molecule has 0 saturated carbocycles. The first-order valence-electron chi connectivity index (χ1n) is 9.22. The fraction of sp³-hybridized carbons (Fsp3) is 0.0870. The molecule has 1 N–H and O–H groups in total. The van der Waals surface area contributed by atoms with Gasteiger partial charge in [-0.05, 0) is 60.2 Å². The van der Waals surface area contributed by atoms with Gasteiger partial charge in [0.25, 0.3) is 11.7 Å². The molecule has 1 unspecified atom stereocenters. The first kappa shape index (κ1) is 20.9. The van der Waals surface area contributed by atoms with E-state index in [1.165, 1.54) is 18.1 Å². The number of Topliss-reactive ketones (excluding diaryl/α,β-unsaturated/α-hetero) is 1. The Hall–Kier alpha value is -3.35. The monoisotopic (exact) mass is 454 g/mol. The summed E-state index contributed by atoms with van der Waals surface area (Å²) in [6, 6.07) is 13.7. The maximum absolute atomic E-state index is 13.1. The van der Waals surface area contributed by atoms with Crippen molar-refractivity contribution in [2.75, 3.05) is 12.0 Å². The minimum Gasteiger partial charge on any atom is -0.507 e.